The third kappa shape index (κ3) is 8.06. The number of hydrogen-bond donors (Lipinski definition) is 1. The molecule has 2 aromatic rings. The largest absolute Gasteiger partial charge is 0.352 e. The van der Waals surface area contributed by atoms with Gasteiger partial charge in [0.15, 0.2) is 0 Å². The molecule has 0 heterocycles. The predicted molar refractivity (Wildman–Crippen MR) is 131 cm³/mol. The highest BCUT2D eigenvalue weighted by molar-refractivity contribution is 7.99. The Morgan fingerprint density at radius 3 is 2.39 bits per heavy atom. The number of thioether (sulfide) groups is 1. The fourth-order valence-electron chi connectivity index (χ4n) is 3.11. The van der Waals surface area contributed by atoms with Gasteiger partial charge >= 0.3 is 0 Å². The molecule has 0 radical (unpaired) electrons. The lowest BCUT2D eigenvalue weighted by molar-refractivity contribution is -0.141. The number of hydrogen-bond acceptors (Lipinski definition) is 3. The van der Waals surface area contributed by atoms with Crippen molar-refractivity contribution in [3.63, 3.8) is 0 Å². The molecular weight excluding hydrogens is 451 g/mol. The molecule has 2 aromatic carbocycles. The van der Waals surface area contributed by atoms with E-state index >= 15 is 0 Å². The van der Waals surface area contributed by atoms with Crippen molar-refractivity contribution in [2.75, 3.05) is 5.75 Å². The van der Waals surface area contributed by atoms with Crippen LogP contribution in [0.2, 0.25) is 10.0 Å². The first kappa shape index (κ1) is 25.6. The summed E-state index contributed by atoms with van der Waals surface area (Å²) in [5.41, 5.74) is 0.768. The third-order valence-corrected chi connectivity index (χ3v) is 6.67. The minimum absolute atomic E-state index is 0.0475. The van der Waals surface area contributed by atoms with Gasteiger partial charge < -0.3 is 10.2 Å². The van der Waals surface area contributed by atoms with E-state index in [9.17, 15) is 9.59 Å². The predicted octanol–water partition coefficient (Wildman–Crippen LogP) is 6.20. The van der Waals surface area contributed by atoms with E-state index in [-0.39, 0.29) is 24.4 Å². The zero-order valence-corrected chi connectivity index (χ0v) is 20.6. The summed E-state index contributed by atoms with van der Waals surface area (Å²) in [6, 6.07) is 14.7. The first-order valence-corrected chi connectivity index (χ1v) is 12.3. The second kappa shape index (κ2) is 13.0. The Hall–Kier alpha value is -1.69. The van der Waals surface area contributed by atoms with Gasteiger partial charge in [0, 0.05) is 39.7 Å². The summed E-state index contributed by atoms with van der Waals surface area (Å²) in [5.74, 6) is 0.434. The zero-order valence-electron chi connectivity index (χ0n) is 18.2. The van der Waals surface area contributed by atoms with Crippen molar-refractivity contribution in [3.05, 3.63) is 64.1 Å². The first-order valence-electron chi connectivity index (χ1n) is 10.6. The van der Waals surface area contributed by atoms with Crippen molar-refractivity contribution in [2.45, 2.75) is 63.6 Å². The average Bonchev–Trinajstić information content (AvgIpc) is 2.75. The molecule has 1 N–H and O–H groups in total. The van der Waals surface area contributed by atoms with E-state index in [1.807, 2.05) is 57.2 Å². The number of nitrogens with zero attached hydrogens (tertiary/aromatic N) is 1. The summed E-state index contributed by atoms with van der Waals surface area (Å²) in [5, 5.41) is 4.04. The summed E-state index contributed by atoms with van der Waals surface area (Å²) in [6.07, 6.45) is 1.68. The molecule has 0 saturated heterocycles. The molecule has 0 aliphatic carbocycles. The third-order valence-electron chi connectivity index (χ3n) is 5.07. The van der Waals surface area contributed by atoms with E-state index in [1.165, 1.54) is 0 Å². The topological polar surface area (TPSA) is 49.4 Å². The van der Waals surface area contributed by atoms with Gasteiger partial charge in [-0.2, -0.15) is 0 Å². The quantitative estimate of drug-likeness (QED) is 0.389. The van der Waals surface area contributed by atoms with Crippen LogP contribution in [0.3, 0.4) is 0 Å². The molecule has 0 aliphatic rings. The summed E-state index contributed by atoms with van der Waals surface area (Å²) in [6.45, 7) is 6.16. The normalized spacial score (nSPS) is 12.8. The van der Waals surface area contributed by atoms with Gasteiger partial charge in [-0.3, -0.25) is 9.59 Å². The highest BCUT2D eigenvalue weighted by Crippen LogP contribution is 2.25. The van der Waals surface area contributed by atoms with Crippen molar-refractivity contribution < 1.29 is 9.59 Å². The number of halogens is 2. The van der Waals surface area contributed by atoms with Gasteiger partial charge in [0.25, 0.3) is 0 Å². The fourth-order valence-corrected chi connectivity index (χ4v) is 4.44. The van der Waals surface area contributed by atoms with Gasteiger partial charge in [-0.1, -0.05) is 61.3 Å². The van der Waals surface area contributed by atoms with Crippen LogP contribution in [0, 0.1) is 0 Å². The van der Waals surface area contributed by atoms with Crippen molar-refractivity contribution in [1.29, 1.82) is 0 Å². The van der Waals surface area contributed by atoms with Gasteiger partial charge in [-0.05, 0) is 49.6 Å². The molecular formula is C24H30Cl2N2O2S. The molecule has 168 valence electrons. The molecule has 7 heteroatoms. The average molecular weight is 481 g/mol. The molecule has 0 spiro atoms. The van der Waals surface area contributed by atoms with Crippen LogP contribution in [0.5, 0.6) is 0 Å². The Bertz CT molecular complexity index is 864. The SMILES string of the molecule is CC[C@H](C)NC(=O)[C@H](CC)N(Cc1ccc(Cl)cc1Cl)C(=O)CCSc1ccccc1. The van der Waals surface area contributed by atoms with Gasteiger partial charge in [-0.15, -0.1) is 11.8 Å². The first-order chi connectivity index (χ1) is 14.8. The molecule has 2 atom stereocenters. The van der Waals surface area contributed by atoms with Crippen LogP contribution in [0.4, 0.5) is 0 Å². The minimum atomic E-state index is -0.560. The molecule has 0 fully saturated rings. The van der Waals surface area contributed by atoms with Gasteiger partial charge in [-0.25, -0.2) is 0 Å². The molecule has 0 unspecified atom stereocenters. The molecule has 0 aliphatic heterocycles. The molecule has 0 aromatic heterocycles. The van der Waals surface area contributed by atoms with E-state index in [0.717, 1.165) is 16.9 Å². The van der Waals surface area contributed by atoms with Gasteiger partial charge in [0.1, 0.15) is 6.04 Å². The lowest BCUT2D eigenvalue weighted by atomic mass is 10.1. The van der Waals surface area contributed by atoms with Crippen molar-refractivity contribution in [1.82, 2.24) is 10.2 Å². The lowest BCUT2D eigenvalue weighted by Crippen LogP contribution is -2.50. The standard InChI is InChI=1S/C24H30Cl2N2O2S/c1-4-17(3)27-24(30)22(5-2)28(16-18-11-12-19(25)15-21(18)26)23(29)13-14-31-20-9-7-6-8-10-20/h6-12,15,17,22H,4-5,13-14,16H2,1-3H3,(H,27,30)/t17-,22-/m0/s1. The summed E-state index contributed by atoms with van der Waals surface area (Å²) < 4.78 is 0. The van der Waals surface area contributed by atoms with Gasteiger partial charge in [0.05, 0.1) is 0 Å². The van der Waals surface area contributed by atoms with Crippen LogP contribution in [-0.4, -0.2) is 34.6 Å². The number of amides is 2. The Balaban J connectivity index is 2.18. The Kier molecular flexibility index (Phi) is 10.7. The van der Waals surface area contributed by atoms with E-state index in [0.29, 0.717) is 28.6 Å². The van der Waals surface area contributed by atoms with Crippen molar-refractivity contribution in [3.8, 4) is 0 Å². The maximum Gasteiger partial charge on any atom is 0.243 e. The molecule has 4 nitrogen and oxygen atoms in total. The molecule has 0 bridgehead atoms. The Morgan fingerprint density at radius 1 is 1.06 bits per heavy atom. The zero-order chi connectivity index (χ0) is 22.8. The summed E-state index contributed by atoms with van der Waals surface area (Å²) in [4.78, 5) is 29.0. The number of carbonyl (C=O) groups excluding carboxylic acids is 2. The second-order valence-corrected chi connectivity index (χ2v) is 9.42. The van der Waals surface area contributed by atoms with E-state index in [4.69, 9.17) is 23.2 Å². The van der Waals surface area contributed by atoms with Crippen LogP contribution in [0.25, 0.3) is 0 Å². The number of rotatable bonds is 11. The van der Waals surface area contributed by atoms with Crippen LogP contribution < -0.4 is 5.32 Å². The number of benzene rings is 2. The summed E-state index contributed by atoms with van der Waals surface area (Å²) >= 11 is 14.0. The second-order valence-electron chi connectivity index (χ2n) is 7.41. The molecule has 0 saturated carbocycles. The molecule has 2 rings (SSSR count). The Morgan fingerprint density at radius 2 is 1.77 bits per heavy atom. The van der Waals surface area contributed by atoms with Crippen molar-refractivity contribution in [2.24, 2.45) is 0 Å². The molecule has 31 heavy (non-hydrogen) atoms. The Labute approximate surface area is 199 Å². The van der Waals surface area contributed by atoms with Crippen LogP contribution in [0.15, 0.2) is 53.4 Å². The van der Waals surface area contributed by atoms with Crippen LogP contribution in [-0.2, 0) is 16.1 Å². The van der Waals surface area contributed by atoms with E-state index in [2.05, 4.69) is 5.32 Å². The lowest BCUT2D eigenvalue weighted by Gasteiger charge is -2.31. The van der Waals surface area contributed by atoms with E-state index in [1.54, 1.807) is 28.8 Å². The smallest absolute Gasteiger partial charge is 0.243 e. The molecule has 2 amide bonds. The maximum atomic E-state index is 13.2. The number of carbonyl (C=O) groups is 2. The maximum absolute atomic E-state index is 13.2. The fraction of sp³-hybridized carbons (Fsp3) is 0.417. The van der Waals surface area contributed by atoms with E-state index < -0.39 is 6.04 Å². The highest BCUT2D eigenvalue weighted by atomic mass is 35.5. The summed E-state index contributed by atoms with van der Waals surface area (Å²) in [7, 11) is 0. The van der Waals surface area contributed by atoms with Gasteiger partial charge in [0.2, 0.25) is 11.8 Å². The monoisotopic (exact) mass is 480 g/mol. The van der Waals surface area contributed by atoms with Crippen LogP contribution >= 0.6 is 35.0 Å². The van der Waals surface area contributed by atoms with Crippen LogP contribution in [0.1, 0.15) is 45.6 Å². The minimum Gasteiger partial charge on any atom is -0.352 e. The number of nitrogens with one attached hydrogen (secondary N) is 1. The highest BCUT2D eigenvalue weighted by Gasteiger charge is 2.29. The van der Waals surface area contributed by atoms with Crippen molar-refractivity contribution >= 4 is 46.8 Å².